The van der Waals surface area contributed by atoms with E-state index < -0.39 is 18.0 Å². The normalized spacial score (nSPS) is 13.7. The number of nitrogens with zero attached hydrogens (tertiary/aromatic N) is 2. The number of amides is 1. The third-order valence-electron chi connectivity index (χ3n) is 6.59. The fourth-order valence-electron chi connectivity index (χ4n) is 4.24. The molecule has 0 radical (unpaired) electrons. The summed E-state index contributed by atoms with van der Waals surface area (Å²) < 4.78 is 33.0. The van der Waals surface area contributed by atoms with Crippen LogP contribution in [0.15, 0.2) is 91.0 Å². The topological polar surface area (TPSA) is 107 Å². The Morgan fingerprint density at radius 3 is 1.72 bits per heavy atom. The molecule has 43 heavy (non-hydrogen) atoms. The molecule has 10 heteroatoms. The second-order valence-corrected chi connectivity index (χ2v) is 9.77. The van der Waals surface area contributed by atoms with Crippen molar-refractivity contribution in [2.75, 3.05) is 39.3 Å². The number of rotatable bonds is 10. The van der Waals surface area contributed by atoms with Gasteiger partial charge in [0.05, 0.1) is 6.61 Å². The number of carboxylic acid groups (broad SMARTS) is 2. The molecular weight excluding hydrogens is 558 g/mol. The molecule has 1 amide bonds. The van der Waals surface area contributed by atoms with Crippen LogP contribution >= 0.6 is 0 Å². The smallest absolute Gasteiger partial charge is 0.328 e. The fraction of sp³-hybridized carbons (Fsp3) is 0.242. The summed E-state index contributed by atoms with van der Waals surface area (Å²) in [5, 5.41) is 15.6. The molecule has 0 saturated carbocycles. The summed E-state index contributed by atoms with van der Waals surface area (Å²) in [4.78, 5) is 35.8. The number of hydrogen-bond acceptors (Lipinski definition) is 5. The van der Waals surface area contributed by atoms with Crippen LogP contribution in [0.3, 0.4) is 0 Å². The Morgan fingerprint density at radius 2 is 1.26 bits per heavy atom. The van der Waals surface area contributed by atoms with Crippen LogP contribution in [-0.4, -0.2) is 77.2 Å². The van der Waals surface area contributed by atoms with Gasteiger partial charge in [0.2, 0.25) is 5.91 Å². The Kier molecular flexibility index (Phi) is 12.7. The van der Waals surface area contributed by atoms with E-state index in [1.807, 2.05) is 42.2 Å². The van der Waals surface area contributed by atoms with E-state index in [2.05, 4.69) is 4.90 Å². The first kappa shape index (κ1) is 32.8. The predicted molar refractivity (Wildman–Crippen MR) is 158 cm³/mol. The molecular formula is C33H34F2N2O6. The molecule has 1 fully saturated rings. The van der Waals surface area contributed by atoms with E-state index in [1.165, 1.54) is 29.8 Å². The van der Waals surface area contributed by atoms with Gasteiger partial charge in [-0.15, -0.1) is 0 Å². The summed E-state index contributed by atoms with van der Waals surface area (Å²) in [5.41, 5.74) is 3.83. The molecule has 3 aromatic rings. The number of aliphatic carboxylic acids is 2. The van der Waals surface area contributed by atoms with Crippen molar-refractivity contribution in [3.8, 4) is 0 Å². The third-order valence-corrected chi connectivity index (χ3v) is 6.59. The summed E-state index contributed by atoms with van der Waals surface area (Å²) in [5.74, 6) is -3.12. The lowest BCUT2D eigenvalue weighted by molar-refractivity contribution is -0.134. The molecule has 4 rings (SSSR count). The summed E-state index contributed by atoms with van der Waals surface area (Å²) in [7, 11) is 0. The first-order chi connectivity index (χ1) is 20.6. The summed E-state index contributed by atoms with van der Waals surface area (Å²) >= 11 is 0. The van der Waals surface area contributed by atoms with E-state index in [4.69, 9.17) is 14.9 Å². The van der Waals surface area contributed by atoms with Crippen molar-refractivity contribution in [3.63, 3.8) is 0 Å². The van der Waals surface area contributed by atoms with Crippen molar-refractivity contribution in [3.05, 3.63) is 125 Å². The van der Waals surface area contributed by atoms with Gasteiger partial charge in [-0.1, -0.05) is 54.1 Å². The molecule has 1 heterocycles. The van der Waals surface area contributed by atoms with E-state index in [0.717, 1.165) is 29.8 Å². The minimum Gasteiger partial charge on any atom is -0.478 e. The molecule has 3 aromatic carbocycles. The highest BCUT2D eigenvalue weighted by atomic mass is 19.1. The monoisotopic (exact) mass is 592 g/mol. The van der Waals surface area contributed by atoms with Crippen LogP contribution in [0.25, 0.3) is 6.08 Å². The lowest BCUT2D eigenvalue weighted by atomic mass is 10.0. The Hall–Kier alpha value is -4.67. The Balaban J connectivity index is 0.000000557. The zero-order chi connectivity index (χ0) is 31.2. The molecule has 0 spiro atoms. The largest absolute Gasteiger partial charge is 0.478 e. The maximum Gasteiger partial charge on any atom is 0.328 e. The lowest BCUT2D eigenvalue weighted by Crippen LogP contribution is -2.49. The SMILES string of the molecule is Cc1ccc(C=CC(=O)N2CCN(CCOC(c3ccc(F)cc3)c3ccc(F)cc3)CC2)cc1.O=C(O)C=CC(=O)O. The van der Waals surface area contributed by atoms with Gasteiger partial charge in [0.25, 0.3) is 0 Å². The molecule has 1 saturated heterocycles. The standard InChI is InChI=1S/C29H30F2N2O2.C4H4O4/c1-22-2-4-23(5-3-22)6-15-28(34)33-18-16-32(17-19-33)20-21-35-29(24-7-11-26(30)12-8-24)25-9-13-27(31)14-10-25;5-3(6)1-2-4(7)8/h2-15,29H,16-21H2,1H3;1-2H,(H,5,6)(H,7,8). The Bertz CT molecular complexity index is 1340. The number of benzene rings is 3. The van der Waals surface area contributed by atoms with Crippen molar-refractivity contribution < 1.29 is 38.1 Å². The first-order valence-electron chi connectivity index (χ1n) is 13.6. The van der Waals surface area contributed by atoms with Gasteiger partial charge >= 0.3 is 11.9 Å². The first-order valence-corrected chi connectivity index (χ1v) is 13.6. The Morgan fingerprint density at radius 1 is 0.767 bits per heavy atom. The average molecular weight is 593 g/mol. The van der Waals surface area contributed by atoms with Crippen LogP contribution in [0, 0.1) is 18.6 Å². The van der Waals surface area contributed by atoms with Gasteiger partial charge in [0.1, 0.15) is 17.7 Å². The molecule has 2 N–H and O–H groups in total. The van der Waals surface area contributed by atoms with Crippen molar-refractivity contribution in [2.45, 2.75) is 13.0 Å². The molecule has 226 valence electrons. The van der Waals surface area contributed by atoms with Crippen LogP contribution in [0.2, 0.25) is 0 Å². The summed E-state index contributed by atoms with van der Waals surface area (Å²) in [6.07, 6.45) is 4.20. The zero-order valence-electron chi connectivity index (χ0n) is 23.7. The highest BCUT2D eigenvalue weighted by Gasteiger charge is 2.21. The minimum absolute atomic E-state index is 0.0224. The molecule has 0 unspecified atom stereocenters. The molecule has 0 aliphatic carbocycles. The molecule has 8 nitrogen and oxygen atoms in total. The number of carbonyl (C=O) groups excluding carboxylic acids is 1. The number of hydrogen-bond donors (Lipinski definition) is 2. The number of piperazine rings is 1. The third kappa shape index (κ3) is 11.6. The van der Waals surface area contributed by atoms with Crippen LogP contribution < -0.4 is 0 Å². The van der Waals surface area contributed by atoms with Crippen LogP contribution in [0.4, 0.5) is 8.78 Å². The van der Waals surface area contributed by atoms with Crippen molar-refractivity contribution in [1.82, 2.24) is 9.80 Å². The zero-order valence-corrected chi connectivity index (χ0v) is 23.7. The molecule has 0 atom stereocenters. The highest BCUT2D eigenvalue weighted by Crippen LogP contribution is 2.26. The van der Waals surface area contributed by atoms with Gasteiger partial charge in [-0.3, -0.25) is 9.69 Å². The van der Waals surface area contributed by atoms with Gasteiger partial charge in [-0.25, -0.2) is 18.4 Å². The molecule has 0 aromatic heterocycles. The predicted octanol–water partition coefficient (Wildman–Crippen LogP) is 4.95. The maximum absolute atomic E-state index is 13.4. The van der Waals surface area contributed by atoms with Crippen LogP contribution in [-0.2, 0) is 19.1 Å². The van der Waals surface area contributed by atoms with E-state index in [9.17, 15) is 23.2 Å². The number of ether oxygens (including phenoxy) is 1. The number of carbonyl (C=O) groups is 3. The highest BCUT2D eigenvalue weighted by molar-refractivity contribution is 5.92. The molecule has 1 aliphatic heterocycles. The number of carboxylic acids is 2. The van der Waals surface area contributed by atoms with Gasteiger partial charge < -0.3 is 19.8 Å². The average Bonchev–Trinajstić information content (AvgIpc) is 3.00. The minimum atomic E-state index is -1.26. The van der Waals surface area contributed by atoms with Gasteiger partial charge in [0.15, 0.2) is 0 Å². The number of halogens is 2. The lowest BCUT2D eigenvalue weighted by Gasteiger charge is -2.34. The number of aryl methyl sites for hydroxylation is 1. The van der Waals surface area contributed by atoms with Gasteiger partial charge in [-0.2, -0.15) is 0 Å². The van der Waals surface area contributed by atoms with E-state index >= 15 is 0 Å². The second-order valence-electron chi connectivity index (χ2n) is 9.77. The van der Waals surface area contributed by atoms with Crippen molar-refractivity contribution in [1.29, 1.82) is 0 Å². The Labute approximate surface area is 249 Å². The maximum atomic E-state index is 13.4. The second kappa shape index (κ2) is 16.7. The van der Waals surface area contributed by atoms with E-state index in [-0.39, 0.29) is 17.5 Å². The van der Waals surface area contributed by atoms with Crippen LogP contribution in [0.1, 0.15) is 28.4 Å². The van der Waals surface area contributed by atoms with Crippen LogP contribution in [0.5, 0.6) is 0 Å². The van der Waals surface area contributed by atoms with E-state index in [0.29, 0.717) is 38.4 Å². The summed E-state index contributed by atoms with van der Waals surface area (Å²) in [6, 6.07) is 20.4. The summed E-state index contributed by atoms with van der Waals surface area (Å²) in [6.45, 7) is 6.07. The quantitative estimate of drug-likeness (QED) is 0.321. The fourth-order valence-corrected chi connectivity index (χ4v) is 4.24. The van der Waals surface area contributed by atoms with Crippen molar-refractivity contribution >= 4 is 23.9 Å². The molecule has 0 bridgehead atoms. The van der Waals surface area contributed by atoms with E-state index in [1.54, 1.807) is 30.3 Å². The van der Waals surface area contributed by atoms with Crippen molar-refractivity contribution in [2.24, 2.45) is 0 Å². The van der Waals surface area contributed by atoms with Gasteiger partial charge in [0, 0.05) is 51.0 Å². The molecule has 1 aliphatic rings. The van der Waals surface area contributed by atoms with Gasteiger partial charge in [-0.05, 0) is 54.0 Å².